The van der Waals surface area contributed by atoms with Crippen molar-refractivity contribution >= 4 is 0 Å². The van der Waals surface area contributed by atoms with Crippen LogP contribution >= 0.6 is 0 Å². The largest absolute Gasteiger partial charge is 0.324 e. The highest BCUT2D eigenvalue weighted by Crippen LogP contribution is 2.35. The van der Waals surface area contributed by atoms with E-state index in [-0.39, 0.29) is 6.04 Å². The Morgan fingerprint density at radius 1 is 1.50 bits per heavy atom. The van der Waals surface area contributed by atoms with E-state index in [1.54, 1.807) is 0 Å². The summed E-state index contributed by atoms with van der Waals surface area (Å²) in [6.45, 7) is 4.59. The number of nitrogens with two attached hydrogens (primary N) is 1. The molecule has 2 N–H and O–H groups in total. The molecule has 0 saturated carbocycles. The van der Waals surface area contributed by atoms with Gasteiger partial charge in [-0.3, -0.25) is 4.98 Å². The summed E-state index contributed by atoms with van der Waals surface area (Å²) in [7, 11) is 0. The van der Waals surface area contributed by atoms with Gasteiger partial charge in [-0.25, -0.2) is 0 Å². The van der Waals surface area contributed by atoms with Gasteiger partial charge in [0.1, 0.15) is 0 Å². The van der Waals surface area contributed by atoms with Gasteiger partial charge < -0.3 is 5.73 Å². The minimum atomic E-state index is 0.218. The van der Waals surface area contributed by atoms with Gasteiger partial charge >= 0.3 is 0 Å². The molecule has 1 unspecified atom stereocenters. The van der Waals surface area contributed by atoms with E-state index in [0.29, 0.717) is 5.41 Å². The first-order valence-corrected chi connectivity index (χ1v) is 5.89. The van der Waals surface area contributed by atoms with Crippen molar-refractivity contribution < 1.29 is 0 Å². The van der Waals surface area contributed by atoms with Crippen LogP contribution < -0.4 is 5.73 Å². The maximum Gasteiger partial charge on any atom is 0.0303 e. The average molecular weight is 216 g/mol. The standard InChI is InChI=1S/C14H20N2/c1-14(2)8-12(7-13(15)9-14)6-11-4-3-5-16-10-11/h3-5,7,10,13H,6,8-9,15H2,1-2H3. The molecule has 1 aliphatic carbocycles. The predicted octanol–water partition coefficient (Wildman–Crippen LogP) is 2.70. The summed E-state index contributed by atoms with van der Waals surface area (Å²) in [5.74, 6) is 0. The van der Waals surface area contributed by atoms with E-state index in [1.807, 2.05) is 18.5 Å². The molecule has 86 valence electrons. The third kappa shape index (κ3) is 2.92. The van der Waals surface area contributed by atoms with Crippen molar-refractivity contribution in [3.05, 3.63) is 41.7 Å². The summed E-state index contributed by atoms with van der Waals surface area (Å²) in [5, 5.41) is 0. The second kappa shape index (κ2) is 4.38. The second-order valence-electron chi connectivity index (χ2n) is 5.57. The van der Waals surface area contributed by atoms with E-state index >= 15 is 0 Å². The molecular weight excluding hydrogens is 196 g/mol. The molecule has 0 spiro atoms. The quantitative estimate of drug-likeness (QED) is 0.772. The Morgan fingerprint density at radius 3 is 2.94 bits per heavy atom. The van der Waals surface area contributed by atoms with Gasteiger partial charge in [0.2, 0.25) is 0 Å². The number of pyridine rings is 1. The number of hydrogen-bond acceptors (Lipinski definition) is 2. The number of hydrogen-bond donors (Lipinski definition) is 1. The molecule has 0 fully saturated rings. The average Bonchev–Trinajstić information content (AvgIpc) is 2.15. The van der Waals surface area contributed by atoms with Gasteiger partial charge in [0, 0.05) is 18.4 Å². The van der Waals surface area contributed by atoms with Crippen molar-refractivity contribution in [1.29, 1.82) is 0 Å². The Labute approximate surface area is 97.6 Å². The minimum absolute atomic E-state index is 0.218. The van der Waals surface area contributed by atoms with Crippen LogP contribution in [0.3, 0.4) is 0 Å². The Morgan fingerprint density at radius 2 is 2.31 bits per heavy atom. The molecule has 1 aromatic heterocycles. The summed E-state index contributed by atoms with van der Waals surface area (Å²) < 4.78 is 0. The summed E-state index contributed by atoms with van der Waals surface area (Å²) >= 11 is 0. The van der Waals surface area contributed by atoms with E-state index in [2.05, 4.69) is 31.0 Å². The van der Waals surface area contributed by atoms with Gasteiger partial charge in [-0.05, 0) is 36.3 Å². The van der Waals surface area contributed by atoms with E-state index in [9.17, 15) is 0 Å². The van der Waals surface area contributed by atoms with Crippen molar-refractivity contribution in [2.24, 2.45) is 11.1 Å². The summed E-state index contributed by atoms with van der Waals surface area (Å²) in [6.07, 6.45) is 9.21. The molecule has 2 heteroatoms. The number of rotatable bonds is 2. The van der Waals surface area contributed by atoms with Crippen LogP contribution in [0.2, 0.25) is 0 Å². The van der Waals surface area contributed by atoms with Crippen LogP contribution in [0.5, 0.6) is 0 Å². The fraction of sp³-hybridized carbons (Fsp3) is 0.500. The lowest BCUT2D eigenvalue weighted by Crippen LogP contribution is -2.31. The molecule has 1 aromatic rings. The first-order valence-electron chi connectivity index (χ1n) is 5.89. The topological polar surface area (TPSA) is 38.9 Å². The molecule has 0 bridgehead atoms. The van der Waals surface area contributed by atoms with Gasteiger partial charge in [-0.2, -0.15) is 0 Å². The van der Waals surface area contributed by atoms with Crippen LogP contribution in [0.1, 0.15) is 32.3 Å². The zero-order chi connectivity index (χ0) is 11.6. The van der Waals surface area contributed by atoms with E-state index in [4.69, 9.17) is 5.73 Å². The van der Waals surface area contributed by atoms with E-state index in [0.717, 1.165) is 19.3 Å². The third-order valence-electron chi connectivity index (χ3n) is 3.10. The van der Waals surface area contributed by atoms with Gasteiger partial charge in [0.25, 0.3) is 0 Å². The normalized spacial score (nSPS) is 23.9. The van der Waals surface area contributed by atoms with Crippen LogP contribution in [0, 0.1) is 5.41 Å². The van der Waals surface area contributed by atoms with E-state index < -0.39 is 0 Å². The monoisotopic (exact) mass is 216 g/mol. The summed E-state index contributed by atoms with van der Waals surface area (Å²) in [5.41, 5.74) is 9.13. The maximum absolute atomic E-state index is 6.06. The Kier molecular flexibility index (Phi) is 3.10. The van der Waals surface area contributed by atoms with Crippen molar-refractivity contribution in [2.45, 2.75) is 39.2 Å². The fourth-order valence-electron chi connectivity index (χ4n) is 2.63. The SMILES string of the molecule is CC1(C)CC(Cc2cccnc2)=CC(N)C1. The maximum atomic E-state index is 6.06. The molecule has 1 heterocycles. The van der Waals surface area contributed by atoms with Crippen molar-refractivity contribution in [3.63, 3.8) is 0 Å². The summed E-state index contributed by atoms with van der Waals surface area (Å²) in [6, 6.07) is 4.33. The molecular formula is C14H20N2. The van der Waals surface area contributed by atoms with Gasteiger partial charge in [0.05, 0.1) is 0 Å². The number of nitrogens with zero attached hydrogens (tertiary/aromatic N) is 1. The van der Waals surface area contributed by atoms with Gasteiger partial charge in [-0.1, -0.05) is 31.6 Å². The van der Waals surface area contributed by atoms with Crippen LogP contribution in [0.4, 0.5) is 0 Å². The molecule has 0 aromatic carbocycles. The minimum Gasteiger partial charge on any atom is -0.324 e. The fourth-order valence-corrected chi connectivity index (χ4v) is 2.63. The molecule has 1 aliphatic rings. The number of allylic oxidation sites excluding steroid dienone is 1. The van der Waals surface area contributed by atoms with Crippen molar-refractivity contribution in [2.75, 3.05) is 0 Å². The molecule has 0 saturated heterocycles. The predicted molar refractivity (Wildman–Crippen MR) is 67.0 cm³/mol. The molecule has 0 amide bonds. The molecule has 2 nitrogen and oxygen atoms in total. The molecule has 0 aliphatic heterocycles. The van der Waals surface area contributed by atoms with Crippen LogP contribution in [-0.4, -0.2) is 11.0 Å². The Bertz CT molecular complexity index is 379. The molecule has 0 radical (unpaired) electrons. The molecule has 16 heavy (non-hydrogen) atoms. The zero-order valence-electron chi connectivity index (χ0n) is 10.1. The van der Waals surface area contributed by atoms with Crippen LogP contribution in [0.25, 0.3) is 0 Å². The van der Waals surface area contributed by atoms with Gasteiger partial charge in [0.15, 0.2) is 0 Å². The Hall–Kier alpha value is -1.15. The molecule has 2 rings (SSSR count). The first kappa shape index (κ1) is 11.3. The highest BCUT2D eigenvalue weighted by molar-refractivity contribution is 5.23. The van der Waals surface area contributed by atoms with E-state index in [1.165, 1.54) is 11.1 Å². The van der Waals surface area contributed by atoms with Crippen molar-refractivity contribution in [1.82, 2.24) is 4.98 Å². The lowest BCUT2D eigenvalue weighted by Gasteiger charge is -2.33. The van der Waals surface area contributed by atoms with Crippen molar-refractivity contribution in [3.8, 4) is 0 Å². The summed E-state index contributed by atoms with van der Waals surface area (Å²) in [4.78, 5) is 4.15. The highest BCUT2D eigenvalue weighted by atomic mass is 14.6. The highest BCUT2D eigenvalue weighted by Gasteiger charge is 2.26. The Balaban J connectivity index is 2.11. The first-order chi connectivity index (χ1) is 7.55. The number of aromatic nitrogens is 1. The smallest absolute Gasteiger partial charge is 0.0303 e. The van der Waals surface area contributed by atoms with Gasteiger partial charge in [-0.15, -0.1) is 0 Å². The lowest BCUT2D eigenvalue weighted by molar-refractivity contribution is 0.299. The van der Waals surface area contributed by atoms with Crippen LogP contribution in [-0.2, 0) is 6.42 Å². The third-order valence-corrected chi connectivity index (χ3v) is 3.10. The lowest BCUT2D eigenvalue weighted by atomic mass is 9.74. The van der Waals surface area contributed by atoms with Crippen LogP contribution in [0.15, 0.2) is 36.2 Å². The second-order valence-corrected chi connectivity index (χ2v) is 5.57. The zero-order valence-corrected chi connectivity index (χ0v) is 10.1. The molecule has 1 atom stereocenters.